The van der Waals surface area contributed by atoms with Gasteiger partial charge in [-0.1, -0.05) is 23.7 Å². The van der Waals surface area contributed by atoms with E-state index in [0.717, 1.165) is 5.56 Å². The monoisotopic (exact) mass is 320 g/mol. The summed E-state index contributed by atoms with van der Waals surface area (Å²) in [7, 11) is 0.115. The Labute approximate surface area is 130 Å². The highest BCUT2D eigenvalue weighted by Gasteiger charge is 2.14. The number of methoxy groups -OCH3 is 1. The molecule has 21 heavy (non-hydrogen) atoms. The van der Waals surface area contributed by atoms with Crippen molar-refractivity contribution < 1.29 is 8.95 Å². The van der Waals surface area contributed by atoms with Gasteiger partial charge in [0.25, 0.3) is 0 Å². The summed E-state index contributed by atoms with van der Waals surface area (Å²) < 4.78 is 17.5. The van der Waals surface area contributed by atoms with Crippen LogP contribution in [-0.2, 0) is 16.6 Å². The molecule has 2 rings (SSSR count). The Morgan fingerprint density at radius 1 is 1.38 bits per heavy atom. The molecule has 0 saturated heterocycles. The van der Waals surface area contributed by atoms with Crippen LogP contribution in [0.15, 0.2) is 41.3 Å². The predicted octanol–water partition coefficient (Wildman–Crippen LogP) is 3.11. The summed E-state index contributed by atoms with van der Waals surface area (Å²) >= 11 is 6.05. The van der Waals surface area contributed by atoms with Crippen molar-refractivity contribution in [2.75, 3.05) is 12.8 Å². The molecule has 0 spiro atoms. The van der Waals surface area contributed by atoms with Gasteiger partial charge in [-0.05, 0) is 29.8 Å². The van der Waals surface area contributed by atoms with E-state index >= 15 is 0 Å². The smallest absolute Gasteiger partial charge is 0.136 e. The van der Waals surface area contributed by atoms with E-state index in [1.54, 1.807) is 36.4 Å². The second-order valence-corrected chi connectivity index (χ2v) is 6.09. The van der Waals surface area contributed by atoms with E-state index in [1.807, 2.05) is 6.07 Å². The van der Waals surface area contributed by atoms with E-state index in [4.69, 9.17) is 27.3 Å². The molecule has 0 heterocycles. The van der Waals surface area contributed by atoms with Gasteiger partial charge in [0.1, 0.15) is 11.8 Å². The molecule has 0 aliphatic carbocycles. The Balaban J connectivity index is 2.30. The van der Waals surface area contributed by atoms with Crippen LogP contribution in [0.2, 0.25) is 5.02 Å². The summed E-state index contributed by atoms with van der Waals surface area (Å²) in [6, 6.07) is 12.2. The Kier molecular flexibility index (Phi) is 4.84. The lowest BCUT2D eigenvalue weighted by Gasteiger charge is -2.09. The maximum atomic E-state index is 12.4. The third kappa shape index (κ3) is 3.35. The zero-order chi connectivity index (χ0) is 15.4. The van der Waals surface area contributed by atoms with Gasteiger partial charge in [-0.15, -0.1) is 0 Å². The first-order valence-corrected chi connectivity index (χ1v) is 7.76. The van der Waals surface area contributed by atoms with E-state index in [1.165, 1.54) is 7.11 Å². The lowest BCUT2D eigenvalue weighted by Crippen LogP contribution is -2.02. The van der Waals surface area contributed by atoms with Crippen LogP contribution in [0.1, 0.15) is 11.1 Å². The van der Waals surface area contributed by atoms with Crippen LogP contribution in [-0.4, -0.2) is 11.3 Å². The standard InChI is InChI=1S/C15H13ClN2O2S/c1-20-14-6-5-10(7-11(14)8-17)9-21(19)15-12(16)3-2-4-13(15)18/h2-7H,9,18H2,1H3. The van der Waals surface area contributed by atoms with Crippen LogP contribution in [0, 0.1) is 11.3 Å². The molecule has 0 aliphatic heterocycles. The molecule has 2 aromatic rings. The second kappa shape index (κ2) is 6.61. The van der Waals surface area contributed by atoms with Crippen LogP contribution in [0.4, 0.5) is 5.69 Å². The highest BCUT2D eigenvalue weighted by Crippen LogP contribution is 2.28. The van der Waals surface area contributed by atoms with Crippen LogP contribution in [0.3, 0.4) is 0 Å². The molecule has 0 saturated carbocycles. The molecule has 0 radical (unpaired) electrons. The van der Waals surface area contributed by atoms with E-state index in [9.17, 15) is 4.21 Å². The zero-order valence-corrected chi connectivity index (χ0v) is 12.9. The van der Waals surface area contributed by atoms with Crippen LogP contribution < -0.4 is 10.5 Å². The Morgan fingerprint density at radius 2 is 2.14 bits per heavy atom. The van der Waals surface area contributed by atoms with Crippen molar-refractivity contribution in [3.8, 4) is 11.8 Å². The maximum absolute atomic E-state index is 12.4. The first-order valence-electron chi connectivity index (χ1n) is 6.06. The van der Waals surface area contributed by atoms with Crippen molar-refractivity contribution in [3.05, 3.63) is 52.5 Å². The number of nitriles is 1. The zero-order valence-electron chi connectivity index (χ0n) is 11.3. The van der Waals surface area contributed by atoms with Crippen molar-refractivity contribution in [2.45, 2.75) is 10.6 Å². The summed E-state index contributed by atoms with van der Waals surface area (Å²) in [6.07, 6.45) is 0. The summed E-state index contributed by atoms with van der Waals surface area (Å²) in [6.45, 7) is 0. The van der Waals surface area contributed by atoms with Crippen molar-refractivity contribution >= 4 is 28.1 Å². The molecule has 1 atom stereocenters. The van der Waals surface area contributed by atoms with Crippen molar-refractivity contribution in [2.24, 2.45) is 0 Å². The third-order valence-electron chi connectivity index (χ3n) is 2.91. The molecule has 108 valence electrons. The van der Waals surface area contributed by atoms with Gasteiger partial charge in [0, 0.05) is 5.69 Å². The maximum Gasteiger partial charge on any atom is 0.136 e. The molecule has 4 nitrogen and oxygen atoms in total. The predicted molar refractivity (Wildman–Crippen MR) is 83.7 cm³/mol. The molecule has 0 bridgehead atoms. The van der Waals surface area contributed by atoms with Crippen LogP contribution in [0.25, 0.3) is 0 Å². The molecular weight excluding hydrogens is 308 g/mol. The van der Waals surface area contributed by atoms with E-state index in [0.29, 0.717) is 26.9 Å². The largest absolute Gasteiger partial charge is 0.495 e. The van der Waals surface area contributed by atoms with Crippen LogP contribution >= 0.6 is 11.6 Å². The molecular formula is C15H13ClN2O2S. The van der Waals surface area contributed by atoms with Gasteiger partial charge in [-0.3, -0.25) is 4.21 Å². The minimum absolute atomic E-state index is 0.229. The number of ether oxygens (including phenoxy) is 1. The molecule has 2 N–H and O–H groups in total. The number of benzene rings is 2. The van der Waals surface area contributed by atoms with Crippen LogP contribution in [0.5, 0.6) is 5.75 Å². The van der Waals surface area contributed by atoms with Crippen molar-refractivity contribution in [3.63, 3.8) is 0 Å². The lowest BCUT2D eigenvalue weighted by molar-refractivity contribution is 0.413. The molecule has 0 aromatic heterocycles. The summed E-state index contributed by atoms with van der Waals surface area (Å²) in [5.41, 5.74) is 7.38. The normalized spacial score (nSPS) is 11.7. The number of nitrogens with two attached hydrogens (primary N) is 1. The molecule has 0 fully saturated rings. The molecule has 6 heteroatoms. The first-order chi connectivity index (χ1) is 10.1. The average Bonchev–Trinajstić information content (AvgIpc) is 2.46. The summed E-state index contributed by atoms with van der Waals surface area (Å²) in [4.78, 5) is 0.425. The number of nitrogen functional groups attached to an aromatic ring is 1. The van der Waals surface area contributed by atoms with Gasteiger partial charge >= 0.3 is 0 Å². The molecule has 1 unspecified atom stereocenters. The summed E-state index contributed by atoms with van der Waals surface area (Å²) in [5, 5.41) is 9.44. The van der Waals surface area contributed by atoms with Gasteiger partial charge < -0.3 is 10.5 Å². The Bertz CT molecular complexity index is 721. The van der Waals surface area contributed by atoms with E-state index < -0.39 is 10.8 Å². The van der Waals surface area contributed by atoms with Crippen molar-refractivity contribution in [1.82, 2.24) is 0 Å². The highest BCUT2D eigenvalue weighted by molar-refractivity contribution is 7.84. The highest BCUT2D eigenvalue weighted by atomic mass is 35.5. The number of hydrogen-bond acceptors (Lipinski definition) is 4. The van der Waals surface area contributed by atoms with Gasteiger partial charge in [0.2, 0.25) is 0 Å². The quantitative estimate of drug-likeness (QED) is 0.878. The summed E-state index contributed by atoms with van der Waals surface area (Å²) in [5.74, 6) is 0.719. The minimum Gasteiger partial charge on any atom is -0.495 e. The number of hydrogen-bond donors (Lipinski definition) is 1. The fourth-order valence-electron chi connectivity index (χ4n) is 1.92. The van der Waals surface area contributed by atoms with Crippen molar-refractivity contribution in [1.29, 1.82) is 5.26 Å². The lowest BCUT2D eigenvalue weighted by atomic mass is 10.1. The number of halogens is 1. The molecule has 0 aliphatic rings. The minimum atomic E-state index is -1.38. The third-order valence-corrected chi connectivity index (χ3v) is 4.84. The fraction of sp³-hybridized carbons (Fsp3) is 0.133. The SMILES string of the molecule is COc1ccc(CS(=O)c2c(N)cccc2Cl)cc1C#N. The van der Waals surface area contributed by atoms with Gasteiger partial charge in [0.05, 0.1) is 39.1 Å². The second-order valence-electron chi connectivity index (χ2n) is 4.29. The van der Waals surface area contributed by atoms with E-state index in [-0.39, 0.29) is 5.75 Å². The first kappa shape index (κ1) is 15.4. The van der Waals surface area contributed by atoms with Gasteiger partial charge in [-0.25, -0.2) is 0 Å². The van der Waals surface area contributed by atoms with Gasteiger partial charge in [-0.2, -0.15) is 5.26 Å². The van der Waals surface area contributed by atoms with Gasteiger partial charge in [0.15, 0.2) is 0 Å². The molecule has 0 amide bonds. The average molecular weight is 321 g/mol. The number of nitrogens with zero attached hydrogens (tertiary/aromatic N) is 1. The Morgan fingerprint density at radius 3 is 2.76 bits per heavy atom. The van der Waals surface area contributed by atoms with E-state index in [2.05, 4.69) is 0 Å². The number of rotatable bonds is 4. The Hall–Kier alpha value is -2.03. The topological polar surface area (TPSA) is 76.1 Å². The molecule has 2 aromatic carbocycles. The number of anilines is 1. The fourth-order valence-corrected chi connectivity index (χ4v) is 3.60.